The summed E-state index contributed by atoms with van der Waals surface area (Å²) in [6.07, 6.45) is 1.70. The summed E-state index contributed by atoms with van der Waals surface area (Å²) >= 11 is 0. The summed E-state index contributed by atoms with van der Waals surface area (Å²) < 4.78 is 36.6. The van der Waals surface area contributed by atoms with Crippen molar-refractivity contribution >= 4 is 40.0 Å². The number of hydrogen-bond donors (Lipinski definition) is 2. The van der Waals surface area contributed by atoms with Crippen molar-refractivity contribution in [3.8, 4) is 5.75 Å². The van der Waals surface area contributed by atoms with Crippen molar-refractivity contribution in [2.75, 3.05) is 45.6 Å². The van der Waals surface area contributed by atoms with E-state index in [0.717, 1.165) is 36.4 Å². The summed E-state index contributed by atoms with van der Waals surface area (Å²) in [5, 5.41) is 6.51. The van der Waals surface area contributed by atoms with Crippen LogP contribution in [0, 0.1) is 6.92 Å². The zero-order valence-electron chi connectivity index (χ0n) is 19.0. The predicted octanol–water partition coefficient (Wildman–Crippen LogP) is 2.51. The number of benzene rings is 1. The first-order valence-electron chi connectivity index (χ1n) is 10.7. The van der Waals surface area contributed by atoms with E-state index in [1.165, 1.54) is 4.31 Å². The highest BCUT2D eigenvalue weighted by molar-refractivity contribution is 14.0. The standard InChI is InChI=1S/C21H36N4O4S.HI/c1-5-22-21(23-11-7-12-25(4)30(26,27)6-2)24-15-18-9-8-17(3)14-20(18)29-19-10-13-28-16-19;/h8-9,14,19H,5-7,10-13,15-16H2,1-4H3,(H2,22,23,24);1H. The fourth-order valence-corrected chi connectivity index (χ4v) is 3.91. The number of sulfonamides is 1. The lowest BCUT2D eigenvalue weighted by atomic mass is 10.1. The van der Waals surface area contributed by atoms with Gasteiger partial charge in [-0.25, -0.2) is 17.7 Å². The Hall–Kier alpha value is -1.11. The average molecular weight is 569 g/mol. The molecule has 1 aliphatic rings. The van der Waals surface area contributed by atoms with E-state index in [-0.39, 0.29) is 35.8 Å². The summed E-state index contributed by atoms with van der Waals surface area (Å²) in [6, 6.07) is 6.17. The summed E-state index contributed by atoms with van der Waals surface area (Å²) in [4.78, 5) is 4.68. The van der Waals surface area contributed by atoms with Crippen LogP contribution in [-0.2, 0) is 21.3 Å². The average Bonchev–Trinajstić information content (AvgIpc) is 3.23. The molecule has 1 atom stereocenters. The minimum atomic E-state index is -3.14. The fourth-order valence-electron chi connectivity index (χ4n) is 3.06. The Bertz CT molecular complexity index is 799. The molecular weight excluding hydrogens is 531 g/mol. The second kappa shape index (κ2) is 14.1. The molecule has 0 bridgehead atoms. The molecular formula is C21H37IN4O4S. The van der Waals surface area contributed by atoms with Crippen LogP contribution in [0.1, 0.15) is 37.8 Å². The van der Waals surface area contributed by atoms with Crippen molar-refractivity contribution in [2.45, 2.75) is 46.3 Å². The first-order chi connectivity index (χ1) is 14.4. The van der Waals surface area contributed by atoms with Gasteiger partial charge in [0, 0.05) is 38.7 Å². The monoisotopic (exact) mass is 568 g/mol. The Labute approximate surface area is 204 Å². The van der Waals surface area contributed by atoms with Crippen LogP contribution in [0.5, 0.6) is 5.75 Å². The van der Waals surface area contributed by atoms with E-state index in [9.17, 15) is 8.42 Å². The van der Waals surface area contributed by atoms with Crippen molar-refractivity contribution < 1.29 is 17.9 Å². The third-order valence-electron chi connectivity index (χ3n) is 4.94. The maximum atomic E-state index is 11.8. The van der Waals surface area contributed by atoms with Crippen molar-refractivity contribution in [3.05, 3.63) is 29.3 Å². The van der Waals surface area contributed by atoms with Crippen molar-refractivity contribution in [1.29, 1.82) is 0 Å². The van der Waals surface area contributed by atoms with E-state index in [4.69, 9.17) is 9.47 Å². The maximum absolute atomic E-state index is 11.8. The molecule has 1 aliphatic heterocycles. The summed E-state index contributed by atoms with van der Waals surface area (Å²) in [5.41, 5.74) is 2.17. The fraction of sp³-hybridized carbons (Fsp3) is 0.667. The zero-order chi connectivity index (χ0) is 22.0. The lowest BCUT2D eigenvalue weighted by molar-refractivity contribution is 0.140. The van der Waals surface area contributed by atoms with E-state index in [1.54, 1.807) is 14.0 Å². The molecule has 1 aromatic carbocycles. The third-order valence-corrected chi connectivity index (χ3v) is 6.80. The van der Waals surface area contributed by atoms with Gasteiger partial charge in [-0.05, 0) is 38.8 Å². The molecule has 1 unspecified atom stereocenters. The lowest BCUT2D eigenvalue weighted by Crippen LogP contribution is -2.39. The molecule has 1 fully saturated rings. The van der Waals surface area contributed by atoms with Gasteiger partial charge in [0.15, 0.2) is 5.96 Å². The predicted molar refractivity (Wildman–Crippen MR) is 136 cm³/mol. The molecule has 178 valence electrons. The van der Waals surface area contributed by atoms with Gasteiger partial charge < -0.3 is 20.1 Å². The third kappa shape index (κ3) is 9.50. The summed E-state index contributed by atoms with van der Waals surface area (Å²) in [5.74, 6) is 1.68. The van der Waals surface area contributed by atoms with E-state index in [0.29, 0.717) is 38.6 Å². The van der Waals surface area contributed by atoms with Crippen LogP contribution in [0.15, 0.2) is 23.2 Å². The minimum absolute atomic E-state index is 0. The molecule has 31 heavy (non-hydrogen) atoms. The van der Waals surface area contributed by atoms with E-state index < -0.39 is 10.0 Å². The number of hydrogen-bond acceptors (Lipinski definition) is 5. The smallest absolute Gasteiger partial charge is 0.213 e. The molecule has 1 heterocycles. The largest absolute Gasteiger partial charge is 0.488 e. The minimum Gasteiger partial charge on any atom is -0.488 e. The van der Waals surface area contributed by atoms with Crippen LogP contribution in [0.4, 0.5) is 0 Å². The molecule has 10 heteroatoms. The maximum Gasteiger partial charge on any atom is 0.213 e. The summed E-state index contributed by atoms with van der Waals surface area (Å²) in [7, 11) is -1.52. The van der Waals surface area contributed by atoms with Crippen LogP contribution in [0.2, 0.25) is 0 Å². The van der Waals surface area contributed by atoms with Crippen LogP contribution < -0.4 is 15.4 Å². The van der Waals surface area contributed by atoms with Crippen molar-refractivity contribution in [3.63, 3.8) is 0 Å². The SMILES string of the molecule is CCNC(=NCc1ccc(C)cc1OC1CCOC1)NCCCN(C)S(=O)(=O)CC.I. The van der Waals surface area contributed by atoms with E-state index >= 15 is 0 Å². The molecule has 8 nitrogen and oxygen atoms in total. The molecule has 0 aliphatic carbocycles. The summed E-state index contributed by atoms with van der Waals surface area (Å²) in [6.45, 7) is 9.42. The van der Waals surface area contributed by atoms with Crippen LogP contribution in [-0.4, -0.2) is 70.4 Å². The second-order valence-corrected chi connectivity index (χ2v) is 9.78. The Kier molecular flexibility index (Phi) is 12.7. The van der Waals surface area contributed by atoms with Gasteiger partial charge in [0.25, 0.3) is 0 Å². The Morgan fingerprint density at radius 2 is 2.10 bits per heavy atom. The van der Waals surface area contributed by atoms with Crippen LogP contribution in [0.3, 0.4) is 0 Å². The van der Waals surface area contributed by atoms with Gasteiger partial charge in [-0.15, -0.1) is 24.0 Å². The molecule has 0 spiro atoms. The Balaban J connectivity index is 0.00000480. The van der Waals surface area contributed by atoms with Gasteiger partial charge in [-0.3, -0.25) is 0 Å². The second-order valence-electron chi connectivity index (χ2n) is 7.41. The number of rotatable bonds is 11. The number of nitrogens with zero attached hydrogens (tertiary/aromatic N) is 2. The lowest BCUT2D eigenvalue weighted by Gasteiger charge is -2.17. The van der Waals surface area contributed by atoms with Crippen LogP contribution >= 0.6 is 24.0 Å². The number of ether oxygens (including phenoxy) is 2. The van der Waals surface area contributed by atoms with Gasteiger partial charge in [0.2, 0.25) is 10.0 Å². The van der Waals surface area contributed by atoms with E-state index in [2.05, 4.69) is 27.8 Å². The molecule has 0 aromatic heterocycles. The zero-order valence-corrected chi connectivity index (χ0v) is 22.2. The Morgan fingerprint density at radius 1 is 1.32 bits per heavy atom. The number of aliphatic imine (C=N–C) groups is 1. The molecule has 2 rings (SSSR count). The highest BCUT2D eigenvalue weighted by atomic mass is 127. The van der Waals surface area contributed by atoms with Crippen molar-refractivity contribution in [1.82, 2.24) is 14.9 Å². The number of guanidine groups is 1. The molecule has 1 aromatic rings. The normalized spacial score (nSPS) is 16.8. The Morgan fingerprint density at radius 3 is 2.74 bits per heavy atom. The molecule has 1 saturated heterocycles. The molecule has 0 saturated carbocycles. The van der Waals surface area contributed by atoms with Gasteiger partial charge >= 0.3 is 0 Å². The highest BCUT2D eigenvalue weighted by Gasteiger charge is 2.19. The number of aryl methyl sites for hydroxylation is 1. The van der Waals surface area contributed by atoms with Gasteiger partial charge in [-0.1, -0.05) is 12.1 Å². The molecule has 0 radical (unpaired) electrons. The van der Waals surface area contributed by atoms with Gasteiger partial charge in [0.1, 0.15) is 11.9 Å². The highest BCUT2D eigenvalue weighted by Crippen LogP contribution is 2.24. The molecule has 2 N–H and O–H groups in total. The number of halogens is 1. The first-order valence-corrected chi connectivity index (χ1v) is 12.3. The molecule has 0 amide bonds. The number of nitrogens with one attached hydrogen (secondary N) is 2. The first kappa shape index (κ1) is 27.9. The van der Waals surface area contributed by atoms with E-state index in [1.807, 2.05) is 19.9 Å². The van der Waals surface area contributed by atoms with Crippen molar-refractivity contribution in [2.24, 2.45) is 4.99 Å². The van der Waals surface area contributed by atoms with Gasteiger partial charge in [0.05, 0.1) is 25.5 Å². The quantitative estimate of drug-likeness (QED) is 0.185. The van der Waals surface area contributed by atoms with Crippen LogP contribution in [0.25, 0.3) is 0 Å². The van der Waals surface area contributed by atoms with Gasteiger partial charge in [-0.2, -0.15) is 0 Å². The topological polar surface area (TPSA) is 92.3 Å².